The lowest BCUT2D eigenvalue weighted by Gasteiger charge is -2.12. The van der Waals surface area contributed by atoms with E-state index in [9.17, 15) is 41.4 Å². The smallest absolute Gasteiger partial charge is 0.506 e. The van der Waals surface area contributed by atoms with Crippen LogP contribution in [0.5, 0.6) is 23.0 Å². The first-order valence-corrected chi connectivity index (χ1v) is 17.3. The van der Waals surface area contributed by atoms with Crippen molar-refractivity contribution in [1.29, 1.82) is 0 Å². The fourth-order valence-electron chi connectivity index (χ4n) is 6.53. The summed E-state index contributed by atoms with van der Waals surface area (Å²) in [6.45, 7) is 6.33. The van der Waals surface area contributed by atoms with Crippen molar-refractivity contribution in [3.63, 3.8) is 0 Å². The van der Waals surface area contributed by atoms with Crippen LogP contribution in [0.4, 0.5) is 26.3 Å². The van der Waals surface area contributed by atoms with Crippen LogP contribution in [0.15, 0.2) is 72.8 Å². The molecule has 6 rings (SSSR count). The highest BCUT2D eigenvalue weighted by Crippen LogP contribution is 2.37. The fraction of sp³-hybridized carbons (Fsp3) is 0.275. The molecule has 0 atom stereocenters. The van der Waals surface area contributed by atoms with Gasteiger partial charge in [0, 0.05) is 35.2 Å². The second kappa shape index (κ2) is 17.3. The number of aromatic hydroxyl groups is 1. The molecule has 0 saturated carbocycles. The molecule has 8 nitrogen and oxygen atoms in total. The number of carboxylic acids is 1. The van der Waals surface area contributed by atoms with Gasteiger partial charge in [-0.15, -0.1) is 26.3 Å². The fourth-order valence-corrected chi connectivity index (χ4v) is 6.93. The molecule has 16 heteroatoms. The Morgan fingerprint density at radius 2 is 1.20 bits per heavy atom. The molecule has 0 fully saturated rings. The van der Waals surface area contributed by atoms with Gasteiger partial charge in [-0.05, 0) is 91.1 Å². The molecule has 0 aliphatic carbocycles. The van der Waals surface area contributed by atoms with Crippen LogP contribution in [0.3, 0.4) is 0 Å². The van der Waals surface area contributed by atoms with E-state index in [2.05, 4.69) is 16.4 Å². The lowest BCUT2D eigenvalue weighted by atomic mass is 10.1. The second-order valence-corrected chi connectivity index (χ2v) is 13.3. The van der Waals surface area contributed by atoms with Gasteiger partial charge in [0.25, 0.3) is 0 Å². The number of hydrogen-bond donors (Lipinski definition) is 2. The van der Waals surface area contributed by atoms with E-state index in [1.807, 2.05) is 23.6 Å². The molecule has 0 aliphatic rings. The van der Waals surface area contributed by atoms with E-state index < -0.39 is 18.7 Å². The Morgan fingerprint density at radius 1 is 0.732 bits per heavy atom. The van der Waals surface area contributed by atoms with Crippen molar-refractivity contribution in [2.24, 2.45) is 0 Å². The van der Waals surface area contributed by atoms with Gasteiger partial charge in [0.15, 0.2) is 0 Å². The van der Waals surface area contributed by atoms with Gasteiger partial charge in [-0.3, -0.25) is 4.79 Å². The number of carboxylic acid groups (broad SMARTS) is 1. The molecule has 2 aromatic heterocycles. The van der Waals surface area contributed by atoms with Crippen molar-refractivity contribution in [3.8, 4) is 23.0 Å². The average Bonchev–Trinajstić information content (AvgIpc) is 3.47. The zero-order valence-electron chi connectivity index (χ0n) is 29.7. The highest BCUT2D eigenvalue weighted by atomic mass is 35.5. The maximum Gasteiger partial charge on any atom is 0.573 e. The topological polar surface area (TPSA) is 95.1 Å². The van der Waals surface area contributed by atoms with E-state index in [0.717, 1.165) is 28.6 Å². The maximum atomic E-state index is 12.5. The van der Waals surface area contributed by atoms with Crippen LogP contribution >= 0.6 is 23.2 Å². The van der Waals surface area contributed by atoms with Gasteiger partial charge in [0.2, 0.25) is 0 Å². The third kappa shape index (κ3) is 10.1. The molecule has 300 valence electrons. The number of halogens is 8. The SMILES string of the molecule is C.CCc1c(C)n(Cc2cccc(OC(F)(F)F)c2)c2cc(Cl)c(OC)cc12.Cc1c(CC(=O)O)c2cc(O)c(Cl)cc2n1Cc1cccc(OC(F)(F)F)c1. The predicted molar refractivity (Wildman–Crippen MR) is 203 cm³/mol. The standard InChI is InChI=1S/C20H19ClF3NO2.C19H15ClF3NO4.CH4/c1-4-15-12(2)25(18-10-17(21)19(26-3)9-16(15)18)11-13-6-5-7-14(8-13)27-20(22,23)24;1-10-13(7-18(26)27)14-6-17(25)15(20)8-16(14)24(10)9-11-3-2-4-12(5-11)28-19(21,22)23;/h5-10H,4,11H2,1-3H3;2-6,8,25H,7,9H2,1H3,(H,26,27);1H4. The summed E-state index contributed by atoms with van der Waals surface area (Å²) >= 11 is 12.3. The first kappa shape index (κ1) is 43.5. The number of hydrogen-bond acceptors (Lipinski definition) is 5. The van der Waals surface area contributed by atoms with Gasteiger partial charge in [0.05, 0.1) is 34.6 Å². The molecule has 0 unspecified atom stereocenters. The molecular weight excluding hydrogens is 789 g/mol. The summed E-state index contributed by atoms with van der Waals surface area (Å²) in [6.07, 6.45) is -8.96. The number of aliphatic carboxylic acids is 1. The minimum Gasteiger partial charge on any atom is -0.506 e. The number of phenols is 1. The van der Waals surface area contributed by atoms with Crippen LogP contribution in [0, 0.1) is 13.8 Å². The minimum atomic E-state index is -4.80. The van der Waals surface area contributed by atoms with Crippen molar-refractivity contribution in [3.05, 3.63) is 116 Å². The van der Waals surface area contributed by atoms with Crippen LogP contribution in [-0.4, -0.2) is 45.2 Å². The summed E-state index contributed by atoms with van der Waals surface area (Å²) < 4.78 is 91.9. The van der Waals surface area contributed by atoms with Crippen LogP contribution in [-0.2, 0) is 30.7 Å². The van der Waals surface area contributed by atoms with E-state index >= 15 is 0 Å². The molecule has 6 aromatic rings. The number of fused-ring (bicyclic) bond motifs is 2. The molecule has 2 N–H and O–H groups in total. The number of alkyl halides is 6. The summed E-state index contributed by atoms with van der Waals surface area (Å²) in [5.41, 5.74) is 6.01. The molecule has 2 heterocycles. The summed E-state index contributed by atoms with van der Waals surface area (Å²) in [5, 5.41) is 21.2. The molecule has 0 bridgehead atoms. The third-order valence-corrected chi connectivity index (χ3v) is 9.48. The van der Waals surface area contributed by atoms with Gasteiger partial charge in [-0.1, -0.05) is 61.8 Å². The van der Waals surface area contributed by atoms with Crippen LogP contribution in [0.1, 0.15) is 48.0 Å². The number of ether oxygens (including phenoxy) is 3. The normalized spacial score (nSPS) is 11.6. The Morgan fingerprint density at radius 3 is 1.64 bits per heavy atom. The number of phenolic OH excluding ortho intramolecular Hbond substituents is 1. The Balaban J connectivity index is 0.000000244. The molecule has 0 spiro atoms. The number of methoxy groups -OCH3 is 1. The van der Waals surface area contributed by atoms with Gasteiger partial charge >= 0.3 is 18.7 Å². The van der Waals surface area contributed by atoms with E-state index in [4.69, 9.17) is 27.9 Å². The second-order valence-electron chi connectivity index (χ2n) is 12.4. The van der Waals surface area contributed by atoms with E-state index in [1.165, 1.54) is 42.5 Å². The molecular formula is C40H38Cl2F6N2O6. The third-order valence-electron chi connectivity index (χ3n) is 8.88. The average molecular weight is 828 g/mol. The Kier molecular flexibility index (Phi) is 13.4. The number of aromatic nitrogens is 2. The molecule has 4 aromatic carbocycles. The van der Waals surface area contributed by atoms with Gasteiger partial charge in [-0.25, -0.2) is 0 Å². The van der Waals surface area contributed by atoms with E-state index in [1.54, 1.807) is 36.8 Å². The van der Waals surface area contributed by atoms with Crippen LogP contribution in [0.2, 0.25) is 10.0 Å². The van der Waals surface area contributed by atoms with Gasteiger partial charge in [0.1, 0.15) is 23.0 Å². The molecule has 0 aliphatic heterocycles. The van der Waals surface area contributed by atoms with Crippen molar-refractivity contribution in [1.82, 2.24) is 9.13 Å². The lowest BCUT2D eigenvalue weighted by Crippen LogP contribution is -2.17. The molecule has 0 saturated heterocycles. The van der Waals surface area contributed by atoms with Crippen molar-refractivity contribution < 1.29 is 55.6 Å². The number of carbonyl (C=O) groups is 1. The predicted octanol–water partition coefficient (Wildman–Crippen LogP) is 11.6. The molecule has 0 radical (unpaired) electrons. The quantitative estimate of drug-likeness (QED) is 0.134. The van der Waals surface area contributed by atoms with E-state index in [0.29, 0.717) is 50.6 Å². The van der Waals surface area contributed by atoms with Crippen LogP contribution in [0.25, 0.3) is 21.8 Å². The highest BCUT2D eigenvalue weighted by molar-refractivity contribution is 6.33. The first-order chi connectivity index (χ1) is 25.8. The highest BCUT2D eigenvalue weighted by Gasteiger charge is 2.32. The number of rotatable bonds is 10. The molecule has 0 amide bonds. The Hall–Kier alpha value is -5.21. The summed E-state index contributed by atoms with van der Waals surface area (Å²) in [6, 6.07) is 18.2. The molecule has 56 heavy (non-hydrogen) atoms. The monoisotopic (exact) mass is 826 g/mol. The van der Waals surface area contributed by atoms with Crippen molar-refractivity contribution in [2.45, 2.75) is 66.9 Å². The summed E-state index contributed by atoms with van der Waals surface area (Å²) in [7, 11) is 1.56. The van der Waals surface area contributed by atoms with Crippen molar-refractivity contribution >= 4 is 51.0 Å². The Labute approximate surface area is 328 Å². The maximum absolute atomic E-state index is 12.5. The number of benzene rings is 4. The van der Waals surface area contributed by atoms with E-state index in [-0.39, 0.29) is 42.7 Å². The first-order valence-electron chi connectivity index (χ1n) is 16.5. The van der Waals surface area contributed by atoms with Crippen LogP contribution < -0.4 is 14.2 Å². The minimum absolute atomic E-state index is 0. The number of aryl methyl sites for hydroxylation is 1. The summed E-state index contributed by atoms with van der Waals surface area (Å²) in [4.78, 5) is 11.2. The van der Waals surface area contributed by atoms with Gasteiger partial charge < -0.3 is 33.6 Å². The zero-order chi connectivity index (χ0) is 40.4. The lowest BCUT2D eigenvalue weighted by molar-refractivity contribution is -0.275. The zero-order valence-corrected chi connectivity index (χ0v) is 31.2. The largest absolute Gasteiger partial charge is 0.573 e. The van der Waals surface area contributed by atoms with Gasteiger partial charge in [-0.2, -0.15) is 0 Å². The van der Waals surface area contributed by atoms with Crippen molar-refractivity contribution in [2.75, 3.05) is 7.11 Å². The Bertz CT molecular complexity index is 2370. The summed E-state index contributed by atoms with van der Waals surface area (Å²) in [5.74, 6) is -1.21. The number of nitrogens with zero attached hydrogens (tertiary/aromatic N) is 2.